The average Bonchev–Trinajstić information content (AvgIpc) is 2.98. The molecule has 0 heterocycles. The first-order chi connectivity index (χ1) is 21.3. The van der Waals surface area contributed by atoms with Crippen LogP contribution in [-0.2, 0) is 32.6 Å². The van der Waals surface area contributed by atoms with Gasteiger partial charge in [-0.15, -0.1) is 0 Å². The molecule has 0 saturated heterocycles. The van der Waals surface area contributed by atoms with Gasteiger partial charge in [-0.05, 0) is 68.8 Å². The first kappa shape index (κ1) is 33.2. The largest absolute Gasteiger partial charge is 0.457 e. The van der Waals surface area contributed by atoms with Gasteiger partial charge in [-0.25, -0.2) is 12.8 Å². The minimum atomic E-state index is -3.96. The van der Waals surface area contributed by atoms with Crippen molar-refractivity contribution < 1.29 is 27.1 Å². The van der Waals surface area contributed by atoms with Gasteiger partial charge >= 0.3 is 0 Å². The summed E-state index contributed by atoms with van der Waals surface area (Å²) in [6.45, 7) is 4.61. The Morgan fingerprint density at radius 1 is 0.822 bits per heavy atom. The van der Waals surface area contributed by atoms with E-state index in [2.05, 4.69) is 5.32 Å². The van der Waals surface area contributed by atoms with Crippen molar-refractivity contribution in [1.29, 1.82) is 0 Å². The van der Waals surface area contributed by atoms with Gasteiger partial charge in [0.1, 0.15) is 29.9 Å². The third kappa shape index (κ3) is 9.64. The van der Waals surface area contributed by atoms with Gasteiger partial charge in [-0.1, -0.05) is 66.7 Å². The van der Waals surface area contributed by atoms with Crippen LogP contribution in [0.3, 0.4) is 0 Å². The average molecular weight is 632 g/mol. The summed E-state index contributed by atoms with van der Waals surface area (Å²) in [5.41, 5.74) is 0.588. The number of para-hydroxylation sites is 1. The Labute approximate surface area is 264 Å². The highest BCUT2D eigenvalue weighted by Crippen LogP contribution is 2.26. The summed E-state index contributed by atoms with van der Waals surface area (Å²) >= 11 is 0. The van der Waals surface area contributed by atoms with Gasteiger partial charge in [-0.2, -0.15) is 0 Å². The zero-order valence-electron chi connectivity index (χ0n) is 25.8. The lowest BCUT2D eigenvalue weighted by Gasteiger charge is -2.35. The fourth-order valence-corrected chi connectivity index (χ4v) is 5.59. The summed E-state index contributed by atoms with van der Waals surface area (Å²) in [7, 11) is -3.96. The molecular formula is C35H38FN3O5S. The van der Waals surface area contributed by atoms with E-state index in [4.69, 9.17) is 4.74 Å². The van der Waals surface area contributed by atoms with Crippen molar-refractivity contribution in [1.82, 2.24) is 10.2 Å². The Hall–Kier alpha value is -4.70. The van der Waals surface area contributed by atoms with Crippen molar-refractivity contribution in [3.8, 4) is 11.5 Å². The van der Waals surface area contributed by atoms with Crippen molar-refractivity contribution in [3.05, 3.63) is 126 Å². The number of amides is 2. The minimum absolute atomic E-state index is 0.132. The molecule has 8 nitrogen and oxygen atoms in total. The lowest BCUT2D eigenvalue weighted by Crippen LogP contribution is -2.56. The number of ether oxygens (including phenoxy) is 1. The van der Waals surface area contributed by atoms with Gasteiger partial charge in [0.15, 0.2) is 0 Å². The lowest BCUT2D eigenvalue weighted by atomic mass is 10.0. The van der Waals surface area contributed by atoms with E-state index in [1.807, 2.05) is 69.3 Å². The lowest BCUT2D eigenvalue weighted by molar-refractivity contribution is -0.140. The molecule has 1 atom stereocenters. The van der Waals surface area contributed by atoms with Crippen molar-refractivity contribution in [2.75, 3.05) is 17.1 Å². The maximum Gasteiger partial charge on any atom is 0.244 e. The fraction of sp³-hybridized carbons (Fsp3) is 0.257. The number of carbonyl (C=O) groups excluding carboxylic acids is 2. The highest BCUT2D eigenvalue weighted by molar-refractivity contribution is 7.92. The van der Waals surface area contributed by atoms with Gasteiger partial charge in [0.25, 0.3) is 0 Å². The number of rotatable bonds is 12. The van der Waals surface area contributed by atoms with E-state index < -0.39 is 45.8 Å². The number of nitrogens with one attached hydrogen (secondary N) is 1. The van der Waals surface area contributed by atoms with Crippen LogP contribution in [0.15, 0.2) is 109 Å². The van der Waals surface area contributed by atoms with E-state index in [0.29, 0.717) is 11.5 Å². The zero-order valence-corrected chi connectivity index (χ0v) is 26.6. The number of carbonyl (C=O) groups is 2. The summed E-state index contributed by atoms with van der Waals surface area (Å²) in [6, 6.07) is 29.5. The molecule has 0 aromatic heterocycles. The summed E-state index contributed by atoms with van der Waals surface area (Å²) in [5.74, 6) is -0.559. The predicted octanol–water partition coefficient (Wildman–Crippen LogP) is 5.94. The molecular weight excluding hydrogens is 593 g/mol. The van der Waals surface area contributed by atoms with Gasteiger partial charge in [-0.3, -0.25) is 13.9 Å². The van der Waals surface area contributed by atoms with Crippen LogP contribution in [0.2, 0.25) is 0 Å². The first-order valence-corrected chi connectivity index (χ1v) is 16.3. The van der Waals surface area contributed by atoms with Crippen molar-refractivity contribution in [3.63, 3.8) is 0 Å². The monoisotopic (exact) mass is 631 g/mol. The topological polar surface area (TPSA) is 96.0 Å². The number of benzene rings is 4. The summed E-state index contributed by atoms with van der Waals surface area (Å²) in [6.07, 6.45) is 1.14. The second-order valence-electron chi connectivity index (χ2n) is 11.7. The number of hydrogen-bond donors (Lipinski definition) is 1. The Balaban J connectivity index is 1.70. The second-order valence-corrected chi connectivity index (χ2v) is 13.6. The molecule has 2 amide bonds. The molecule has 10 heteroatoms. The van der Waals surface area contributed by atoms with E-state index in [1.54, 1.807) is 42.5 Å². The molecule has 0 fully saturated rings. The number of halogens is 1. The third-order valence-electron chi connectivity index (χ3n) is 6.85. The van der Waals surface area contributed by atoms with Crippen LogP contribution < -0.4 is 14.4 Å². The van der Waals surface area contributed by atoms with Crippen LogP contribution in [0.5, 0.6) is 11.5 Å². The van der Waals surface area contributed by atoms with E-state index in [-0.39, 0.29) is 24.2 Å². The van der Waals surface area contributed by atoms with Crippen LogP contribution in [0.25, 0.3) is 0 Å². The standard InChI is InChI=1S/C35H38FN3O5S/c1-35(2,3)37-34(41)32(23-26-13-7-5-8-14-26)38(24-27-15-11-12-18-31(27)36)33(40)25-39(45(4,42)43)28-19-21-30(22-20-28)44-29-16-9-6-10-17-29/h5-22,32H,23-25H2,1-4H3,(H,37,41). The first-order valence-electron chi connectivity index (χ1n) is 14.5. The quantitative estimate of drug-likeness (QED) is 0.209. The molecule has 0 aliphatic heterocycles. The zero-order chi connectivity index (χ0) is 32.6. The van der Waals surface area contributed by atoms with Gasteiger partial charge in [0.2, 0.25) is 21.8 Å². The molecule has 0 aliphatic carbocycles. The number of hydrogen-bond acceptors (Lipinski definition) is 5. The Morgan fingerprint density at radius 3 is 1.96 bits per heavy atom. The Morgan fingerprint density at radius 2 is 1.38 bits per heavy atom. The van der Waals surface area contributed by atoms with E-state index in [0.717, 1.165) is 16.1 Å². The smallest absolute Gasteiger partial charge is 0.244 e. The molecule has 45 heavy (non-hydrogen) atoms. The Kier molecular flexibility index (Phi) is 10.6. The minimum Gasteiger partial charge on any atom is -0.457 e. The summed E-state index contributed by atoms with van der Waals surface area (Å²) in [4.78, 5) is 29.2. The maximum atomic E-state index is 14.9. The summed E-state index contributed by atoms with van der Waals surface area (Å²) in [5, 5.41) is 2.94. The number of sulfonamides is 1. The van der Waals surface area contributed by atoms with E-state index in [1.165, 1.54) is 23.1 Å². The molecule has 4 aromatic rings. The Bertz CT molecular complexity index is 1690. The van der Waals surface area contributed by atoms with Crippen molar-refractivity contribution >= 4 is 27.5 Å². The molecule has 1 unspecified atom stereocenters. The molecule has 4 aromatic carbocycles. The molecule has 0 radical (unpaired) electrons. The third-order valence-corrected chi connectivity index (χ3v) is 7.99. The fourth-order valence-electron chi connectivity index (χ4n) is 4.74. The van der Waals surface area contributed by atoms with Crippen LogP contribution in [-0.4, -0.2) is 49.5 Å². The molecule has 4 rings (SSSR count). The molecule has 0 bridgehead atoms. The van der Waals surface area contributed by atoms with Crippen LogP contribution in [0.1, 0.15) is 31.9 Å². The highest BCUT2D eigenvalue weighted by Gasteiger charge is 2.34. The van der Waals surface area contributed by atoms with Gasteiger partial charge in [0, 0.05) is 24.1 Å². The highest BCUT2D eigenvalue weighted by atomic mass is 32.2. The van der Waals surface area contributed by atoms with Gasteiger partial charge < -0.3 is 15.0 Å². The second kappa shape index (κ2) is 14.4. The summed E-state index contributed by atoms with van der Waals surface area (Å²) < 4.78 is 47.8. The van der Waals surface area contributed by atoms with Crippen molar-refractivity contribution in [2.24, 2.45) is 0 Å². The number of anilines is 1. The number of nitrogens with zero attached hydrogens (tertiary/aromatic N) is 2. The van der Waals surface area contributed by atoms with Gasteiger partial charge in [0.05, 0.1) is 11.9 Å². The van der Waals surface area contributed by atoms with Crippen molar-refractivity contribution in [2.45, 2.75) is 45.3 Å². The molecule has 0 spiro atoms. The van der Waals surface area contributed by atoms with Crippen LogP contribution in [0, 0.1) is 5.82 Å². The maximum absolute atomic E-state index is 14.9. The van der Waals surface area contributed by atoms with E-state index >= 15 is 0 Å². The molecule has 1 N–H and O–H groups in total. The SMILES string of the molecule is CC(C)(C)NC(=O)C(Cc1ccccc1)N(Cc1ccccc1F)C(=O)CN(c1ccc(Oc2ccccc2)cc1)S(C)(=O)=O. The molecule has 0 aliphatic rings. The van der Waals surface area contributed by atoms with Crippen LogP contribution >= 0.6 is 0 Å². The normalized spacial score (nSPS) is 12.2. The predicted molar refractivity (Wildman–Crippen MR) is 174 cm³/mol. The molecule has 236 valence electrons. The molecule has 0 saturated carbocycles. The van der Waals surface area contributed by atoms with Crippen LogP contribution in [0.4, 0.5) is 10.1 Å². The van der Waals surface area contributed by atoms with E-state index in [9.17, 15) is 22.4 Å².